The van der Waals surface area contributed by atoms with Crippen LogP contribution >= 0.6 is 11.6 Å². The van der Waals surface area contributed by atoms with Gasteiger partial charge in [-0.05, 0) is 6.07 Å². The molecular weight excluding hydrogens is 502 g/mol. The molecular formula is C23H23ClF2N4O6. The first kappa shape index (κ1) is 23.6. The van der Waals surface area contributed by atoms with Gasteiger partial charge in [0.2, 0.25) is 0 Å². The van der Waals surface area contributed by atoms with E-state index in [1.165, 1.54) is 0 Å². The summed E-state index contributed by atoms with van der Waals surface area (Å²) in [6.07, 6.45) is -1.50. The summed E-state index contributed by atoms with van der Waals surface area (Å²) in [5.74, 6) is -1.18. The van der Waals surface area contributed by atoms with Gasteiger partial charge in [0.1, 0.15) is 47.6 Å². The Hall–Kier alpha value is -2.77. The molecule has 3 aromatic rings. The molecule has 0 aliphatic carbocycles. The molecule has 0 saturated carbocycles. The quantitative estimate of drug-likeness (QED) is 0.428. The van der Waals surface area contributed by atoms with E-state index in [0.717, 1.165) is 12.1 Å². The van der Waals surface area contributed by atoms with Crippen molar-refractivity contribution in [2.45, 2.75) is 43.5 Å². The largest absolute Gasteiger partial charge is 0.488 e. The number of aliphatic hydroxyl groups is 1. The molecule has 3 N–H and O–H groups in total. The maximum absolute atomic E-state index is 14.6. The number of ether oxygens (including phenoxy) is 5. The summed E-state index contributed by atoms with van der Waals surface area (Å²) in [6.45, 7) is 1.20. The number of imidazole rings is 1. The number of benzene rings is 1. The van der Waals surface area contributed by atoms with Gasteiger partial charge >= 0.3 is 0 Å². The number of aromatic amines is 1. The van der Waals surface area contributed by atoms with Crippen molar-refractivity contribution in [3.8, 4) is 11.8 Å². The number of fused-ring (bicyclic) bond motifs is 2. The maximum atomic E-state index is 14.6. The Bertz CT molecular complexity index is 1250. The number of hydrogen-bond acceptors (Lipinski definition) is 9. The van der Waals surface area contributed by atoms with Crippen molar-refractivity contribution in [3.05, 3.63) is 40.4 Å². The van der Waals surface area contributed by atoms with Crippen LogP contribution in [0, 0.1) is 11.6 Å². The maximum Gasteiger partial charge on any atom is 0.296 e. The number of hydrogen-bond donors (Lipinski definition) is 3. The van der Waals surface area contributed by atoms with Crippen LogP contribution in [0.25, 0.3) is 11.2 Å². The second-order valence-electron chi connectivity index (χ2n) is 8.87. The molecule has 1 unspecified atom stereocenters. The lowest BCUT2D eigenvalue weighted by molar-refractivity contribution is 0.00706. The molecule has 3 fully saturated rings. The van der Waals surface area contributed by atoms with E-state index >= 15 is 0 Å². The van der Waals surface area contributed by atoms with Crippen molar-refractivity contribution in [2.24, 2.45) is 0 Å². The Morgan fingerprint density at radius 1 is 1.08 bits per heavy atom. The summed E-state index contributed by atoms with van der Waals surface area (Å²) in [6, 6.07) is 4.07. The lowest BCUT2D eigenvalue weighted by Crippen LogP contribution is -2.34. The van der Waals surface area contributed by atoms with Crippen LogP contribution in [0.5, 0.6) is 11.8 Å². The third-order valence-electron chi connectivity index (χ3n) is 6.39. The number of H-pyrrole nitrogens is 1. The van der Waals surface area contributed by atoms with E-state index in [1.807, 2.05) is 0 Å². The van der Waals surface area contributed by atoms with Gasteiger partial charge in [-0.25, -0.2) is 13.8 Å². The molecule has 6 rings (SSSR count). The highest BCUT2D eigenvalue weighted by molar-refractivity contribution is 6.33. The number of nitrogens with zero attached hydrogens (tertiary/aromatic N) is 2. The first-order valence-corrected chi connectivity index (χ1v) is 11.9. The van der Waals surface area contributed by atoms with E-state index in [2.05, 4.69) is 20.3 Å². The van der Waals surface area contributed by atoms with Crippen LogP contribution in [0.1, 0.15) is 12.0 Å². The second-order valence-corrected chi connectivity index (χ2v) is 9.28. The average molecular weight is 525 g/mol. The summed E-state index contributed by atoms with van der Waals surface area (Å²) < 4.78 is 57.1. The zero-order valence-electron chi connectivity index (χ0n) is 18.9. The van der Waals surface area contributed by atoms with Gasteiger partial charge in [0.05, 0.1) is 37.0 Å². The molecule has 3 aliphatic rings. The molecule has 0 spiro atoms. The first-order valence-electron chi connectivity index (χ1n) is 11.5. The fourth-order valence-electron chi connectivity index (χ4n) is 4.55. The fourth-order valence-corrected chi connectivity index (χ4v) is 4.77. The molecule has 3 saturated heterocycles. The van der Waals surface area contributed by atoms with Crippen LogP contribution in [0.2, 0.25) is 5.02 Å². The van der Waals surface area contributed by atoms with Crippen LogP contribution in [0.15, 0.2) is 18.2 Å². The van der Waals surface area contributed by atoms with E-state index < -0.39 is 36.1 Å². The zero-order chi connectivity index (χ0) is 24.8. The summed E-state index contributed by atoms with van der Waals surface area (Å²) in [7, 11) is 0. The van der Waals surface area contributed by atoms with Gasteiger partial charge in [0, 0.05) is 30.7 Å². The molecule has 5 atom stereocenters. The topological polar surface area (TPSA) is 120 Å². The number of rotatable bonds is 7. The average Bonchev–Trinajstić information content (AvgIpc) is 3.62. The van der Waals surface area contributed by atoms with Gasteiger partial charge in [-0.15, -0.1) is 0 Å². The standard InChI is InChI=1S/C23H23ClF2N4O6/c24-13-5-16-22(30-23(28-16)36-18-9-34-19-17(31)8-33-20(18)19)29-21(13)27-6-12-14(25)3-11(4-15(12)26)35-10-1-2-32-7-10/h3-5,10,17-20,31H,1-2,6-9H2,(H2,27,28,29,30)/t10?,17-,18-,19-,20-/m1/s1. The van der Waals surface area contributed by atoms with Crippen molar-refractivity contribution in [3.63, 3.8) is 0 Å². The molecule has 3 aliphatic heterocycles. The molecule has 2 aromatic heterocycles. The van der Waals surface area contributed by atoms with Gasteiger partial charge in [0.15, 0.2) is 11.8 Å². The predicted octanol–water partition coefficient (Wildman–Crippen LogP) is 2.58. The molecule has 0 radical (unpaired) electrons. The van der Waals surface area contributed by atoms with Gasteiger partial charge in [0.25, 0.3) is 6.01 Å². The second kappa shape index (κ2) is 9.60. The van der Waals surface area contributed by atoms with Crippen molar-refractivity contribution >= 4 is 28.6 Å². The zero-order valence-corrected chi connectivity index (χ0v) is 19.6. The van der Waals surface area contributed by atoms with E-state index in [9.17, 15) is 13.9 Å². The molecule has 13 heteroatoms. The molecule has 5 heterocycles. The SMILES string of the molecule is O[C@@H]1CO[C@H]2[C@@H]1OC[C@H]2Oc1nc2nc(NCc3c(F)cc(OC4CCOC4)cc3F)c(Cl)cc2[nH]1. The van der Waals surface area contributed by atoms with Crippen LogP contribution in [-0.4, -0.2) is 77.0 Å². The minimum Gasteiger partial charge on any atom is -0.488 e. The molecule has 1 aromatic carbocycles. The number of aliphatic hydroxyl groups excluding tert-OH is 1. The molecule has 36 heavy (non-hydrogen) atoms. The Balaban J connectivity index is 1.14. The van der Waals surface area contributed by atoms with Crippen LogP contribution < -0.4 is 14.8 Å². The third-order valence-corrected chi connectivity index (χ3v) is 6.68. The molecule has 192 valence electrons. The van der Waals surface area contributed by atoms with Gasteiger partial charge in [-0.1, -0.05) is 11.6 Å². The number of nitrogens with one attached hydrogen (secondary N) is 2. The van der Waals surface area contributed by atoms with E-state index in [-0.39, 0.29) is 54.0 Å². The highest BCUT2D eigenvalue weighted by atomic mass is 35.5. The lowest BCUT2D eigenvalue weighted by Gasteiger charge is -2.15. The van der Waals surface area contributed by atoms with E-state index in [4.69, 9.17) is 35.3 Å². The minimum atomic E-state index is -0.750. The Kier molecular flexibility index (Phi) is 6.30. The van der Waals surface area contributed by atoms with Crippen molar-refractivity contribution in [1.29, 1.82) is 0 Å². The summed E-state index contributed by atoms with van der Waals surface area (Å²) in [5, 5.41) is 13.0. The Labute approximate surface area is 208 Å². The monoisotopic (exact) mass is 524 g/mol. The third kappa shape index (κ3) is 4.55. The van der Waals surface area contributed by atoms with Crippen LogP contribution in [-0.2, 0) is 20.8 Å². The van der Waals surface area contributed by atoms with Gasteiger partial charge in [-0.3, -0.25) is 0 Å². The summed E-state index contributed by atoms with van der Waals surface area (Å²) in [5.41, 5.74) is 0.630. The first-order chi connectivity index (χ1) is 17.4. The van der Waals surface area contributed by atoms with Gasteiger partial charge < -0.3 is 39.1 Å². The highest BCUT2D eigenvalue weighted by Gasteiger charge is 2.48. The molecule has 10 nitrogen and oxygen atoms in total. The number of aromatic nitrogens is 3. The van der Waals surface area contributed by atoms with E-state index in [0.29, 0.717) is 30.8 Å². The number of anilines is 1. The van der Waals surface area contributed by atoms with Crippen molar-refractivity contribution in [2.75, 3.05) is 31.7 Å². The predicted molar refractivity (Wildman–Crippen MR) is 122 cm³/mol. The number of pyridine rings is 1. The van der Waals surface area contributed by atoms with Crippen molar-refractivity contribution in [1.82, 2.24) is 15.0 Å². The highest BCUT2D eigenvalue weighted by Crippen LogP contribution is 2.31. The molecule has 0 bridgehead atoms. The van der Waals surface area contributed by atoms with Crippen molar-refractivity contribution < 1.29 is 37.6 Å². The Morgan fingerprint density at radius 2 is 1.89 bits per heavy atom. The summed E-state index contributed by atoms with van der Waals surface area (Å²) >= 11 is 6.34. The Morgan fingerprint density at radius 3 is 2.67 bits per heavy atom. The van der Waals surface area contributed by atoms with Crippen LogP contribution in [0.4, 0.5) is 14.6 Å². The lowest BCUT2D eigenvalue weighted by atomic mass is 10.1. The fraction of sp³-hybridized carbons (Fsp3) is 0.478. The number of halogens is 3. The molecule has 0 amide bonds. The smallest absolute Gasteiger partial charge is 0.296 e. The van der Waals surface area contributed by atoms with Crippen LogP contribution in [0.3, 0.4) is 0 Å². The van der Waals surface area contributed by atoms with Gasteiger partial charge in [-0.2, -0.15) is 4.98 Å². The van der Waals surface area contributed by atoms with E-state index in [1.54, 1.807) is 6.07 Å². The summed E-state index contributed by atoms with van der Waals surface area (Å²) in [4.78, 5) is 11.7. The minimum absolute atomic E-state index is 0.113. The normalized spacial score (nSPS) is 27.5.